The number of hydrogen-bond acceptors (Lipinski definition) is 3. The third-order valence-electron chi connectivity index (χ3n) is 2.78. The lowest BCUT2D eigenvalue weighted by atomic mass is 10.0. The Morgan fingerprint density at radius 1 is 1.40 bits per heavy atom. The van der Waals surface area contributed by atoms with E-state index in [4.69, 9.17) is 9.26 Å². The van der Waals surface area contributed by atoms with Gasteiger partial charge in [0.05, 0.1) is 12.3 Å². The monoisotopic (exact) mass is 207 g/mol. The maximum atomic E-state index is 12.9. The smallest absolute Gasteiger partial charge is 0.170 e. The molecule has 1 atom stereocenters. The summed E-state index contributed by atoms with van der Waals surface area (Å²) in [6.45, 7) is 1.44. The molecule has 0 amide bonds. The van der Waals surface area contributed by atoms with Gasteiger partial charge in [0.15, 0.2) is 5.58 Å². The predicted octanol–water partition coefficient (Wildman–Crippen LogP) is 2.47. The lowest BCUT2D eigenvalue weighted by molar-refractivity contribution is 0.193. The minimum Gasteiger partial charge on any atom is -0.381 e. The van der Waals surface area contributed by atoms with Crippen LogP contribution < -0.4 is 0 Å². The van der Waals surface area contributed by atoms with Crippen molar-refractivity contribution in [2.24, 2.45) is 0 Å². The molecule has 0 radical (unpaired) electrons. The van der Waals surface area contributed by atoms with E-state index in [0.29, 0.717) is 12.2 Å². The summed E-state index contributed by atoms with van der Waals surface area (Å²) in [7, 11) is 0. The molecule has 1 aliphatic rings. The molecule has 15 heavy (non-hydrogen) atoms. The summed E-state index contributed by atoms with van der Waals surface area (Å²) in [5, 5.41) is 4.89. The Kier molecular flexibility index (Phi) is 1.95. The minimum absolute atomic E-state index is 0.289. The molecule has 3 rings (SSSR count). The first-order chi connectivity index (χ1) is 7.34. The van der Waals surface area contributed by atoms with E-state index < -0.39 is 0 Å². The second-order valence-corrected chi connectivity index (χ2v) is 3.77. The highest BCUT2D eigenvalue weighted by Gasteiger charge is 2.23. The van der Waals surface area contributed by atoms with Crippen molar-refractivity contribution in [2.45, 2.75) is 12.3 Å². The van der Waals surface area contributed by atoms with Gasteiger partial charge in [0.1, 0.15) is 5.82 Å². The number of fused-ring (bicyclic) bond motifs is 1. The minimum atomic E-state index is -0.298. The molecule has 2 aromatic rings. The number of rotatable bonds is 1. The van der Waals surface area contributed by atoms with E-state index in [1.807, 2.05) is 0 Å². The van der Waals surface area contributed by atoms with Crippen molar-refractivity contribution < 1.29 is 13.7 Å². The third kappa shape index (κ3) is 1.41. The van der Waals surface area contributed by atoms with Crippen LogP contribution >= 0.6 is 0 Å². The zero-order valence-electron chi connectivity index (χ0n) is 8.07. The van der Waals surface area contributed by atoms with Crippen molar-refractivity contribution in [3.05, 3.63) is 29.7 Å². The van der Waals surface area contributed by atoms with E-state index in [0.717, 1.165) is 24.1 Å². The van der Waals surface area contributed by atoms with Gasteiger partial charge in [-0.15, -0.1) is 0 Å². The van der Waals surface area contributed by atoms with Gasteiger partial charge in [0, 0.05) is 24.0 Å². The van der Waals surface area contributed by atoms with E-state index in [1.165, 1.54) is 12.1 Å². The van der Waals surface area contributed by atoms with Crippen molar-refractivity contribution >= 4 is 11.0 Å². The van der Waals surface area contributed by atoms with Crippen molar-refractivity contribution in [3.63, 3.8) is 0 Å². The lowest BCUT2D eigenvalue weighted by Gasteiger charge is -2.01. The maximum Gasteiger partial charge on any atom is 0.170 e. The zero-order chi connectivity index (χ0) is 10.3. The number of ether oxygens (including phenoxy) is 1. The molecule has 0 N–H and O–H groups in total. The molecule has 1 aliphatic heterocycles. The van der Waals surface area contributed by atoms with Crippen LogP contribution in [0.5, 0.6) is 0 Å². The summed E-state index contributed by atoms with van der Waals surface area (Å²) >= 11 is 0. The van der Waals surface area contributed by atoms with Crippen LogP contribution in [-0.2, 0) is 4.74 Å². The van der Waals surface area contributed by atoms with E-state index >= 15 is 0 Å². The summed E-state index contributed by atoms with van der Waals surface area (Å²) < 4.78 is 23.3. The van der Waals surface area contributed by atoms with Gasteiger partial charge in [-0.05, 0) is 18.6 Å². The quantitative estimate of drug-likeness (QED) is 0.720. The normalized spacial score (nSPS) is 21.3. The highest BCUT2D eigenvalue weighted by atomic mass is 19.1. The average molecular weight is 207 g/mol. The highest BCUT2D eigenvalue weighted by molar-refractivity contribution is 5.79. The Morgan fingerprint density at radius 2 is 2.33 bits per heavy atom. The van der Waals surface area contributed by atoms with Gasteiger partial charge in [-0.1, -0.05) is 5.16 Å². The fraction of sp³-hybridized carbons (Fsp3) is 0.364. The summed E-state index contributed by atoms with van der Waals surface area (Å²) in [6.07, 6.45) is 0.957. The molecule has 1 fully saturated rings. The van der Waals surface area contributed by atoms with Crippen molar-refractivity contribution in [1.82, 2.24) is 5.16 Å². The van der Waals surface area contributed by atoms with Crippen LogP contribution in [0, 0.1) is 5.82 Å². The largest absolute Gasteiger partial charge is 0.381 e. The van der Waals surface area contributed by atoms with E-state index in [-0.39, 0.29) is 11.7 Å². The van der Waals surface area contributed by atoms with Gasteiger partial charge in [-0.3, -0.25) is 0 Å². The molecule has 0 spiro atoms. The van der Waals surface area contributed by atoms with Crippen LogP contribution in [0.4, 0.5) is 4.39 Å². The Morgan fingerprint density at radius 3 is 3.13 bits per heavy atom. The van der Waals surface area contributed by atoms with Crippen LogP contribution in [0.25, 0.3) is 11.0 Å². The Labute approximate surface area is 85.8 Å². The number of aromatic nitrogens is 1. The fourth-order valence-electron chi connectivity index (χ4n) is 1.98. The predicted molar refractivity (Wildman–Crippen MR) is 52.1 cm³/mol. The first-order valence-electron chi connectivity index (χ1n) is 4.97. The molecule has 4 heteroatoms. The standard InChI is InChI=1S/C11H10FNO2/c12-8-1-2-9-10(5-8)15-13-11(9)7-3-4-14-6-7/h1-2,5,7H,3-4,6H2. The first kappa shape index (κ1) is 8.85. The van der Waals surface area contributed by atoms with Crippen LogP contribution in [0.15, 0.2) is 22.7 Å². The molecule has 0 aliphatic carbocycles. The summed E-state index contributed by atoms with van der Waals surface area (Å²) in [6, 6.07) is 4.51. The number of nitrogens with zero attached hydrogens (tertiary/aromatic N) is 1. The average Bonchev–Trinajstić information content (AvgIpc) is 2.82. The van der Waals surface area contributed by atoms with Gasteiger partial charge < -0.3 is 9.26 Å². The second kappa shape index (κ2) is 3.31. The van der Waals surface area contributed by atoms with Crippen molar-refractivity contribution in [1.29, 1.82) is 0 Å². The van der Waals surface area contributed by atoms with E-state index in [2.05, 4.69) is 5.16 Å². The number of halogens is 1. The van der Waals surface area contributed by atoms with Gasteiger partial charge >= 0.3 is 0 Å². The van der Waals surface area contributed by atoms with Crippen LogP contribution in [0.2, 0.25) is 0 Å². The Bertz CT molecular complexity index is 488. The fourth-order valence-corrected chi connectivity index (χ4v) is 1.98. The second-order valence-electron chi connectivity index (χ2n) is 3.77. The Balaban J connectivity index is 2.11. The third-order valence-corrected chi connectivity index (χ3v) is 2.78. The molecular formula is C11H10FNO2. The van der Waals surface area contributed by atoms with Crippen molar-refractivity contribution in [2.75, 3.05) is 13.2 Å². The van der Waals surface area contributed by atoms with Crippen LogP contribution in [-0.4, -0.2) is 18.4 Å². The SMILES string of the molecule is Fc1ccc2c(C3CCOC3)noc2c1. The summed E-state index contributed by atoms with van der Waals surface area (Å²) in [5.41, 5.74) is 1.40. The van der Waals surface area contributed by atoms with Crippen molar-refractivity contribution in [3.8, 4) is 0 Å². The molecule has 1 aromatic heterocycles. The molecule has 2 heterocycles. The summed E-state index contributed by atoms with van der Waals surface area (Å²) in [5.74, 6) is -0.00965. The van der Waals surface area contributed by atoms with Crippen LogP contribution in [0.1, 0.15) is 18.0 Å². The van der Waals surface area contributed by atoms with Gasteiger partial charge in [-0.2, -0.15) is 0 Å². The highest BCUT2D eigenvalue weighted by Crippen LogP contribution is 2.30. The lowest BCUT2D eigenvalue weighted by Crippen LogP contribution is -1.97. The van der Waals surface area contributed by atoms with E-state index in [9.17, 15) is 4.39 Å². The first-order valence-corrected chi connectivity index (χ1v) is 4.97. The van der Waals surface area contributed by atoms with E-state index in [1.54, 1.807) is 6.07 Å². The number of benzene rings is 1. The molecule has 0 saturated carbocycles. The Hall–Kier alpha value is -1.42. The molecule has 0 bridgehead atoms. The molecule has 1 saturated heterocycles. The van der Waals surface area contributed by atoms with Crippen LogP contribution in [0.3, 0.4) is 0 Å². The summed E-state index contributed by atoms with van der Waals surface area (Å²) in [4.78, 5) is 0. The zero-order valence-corrected chi connectivity index (χ0v) is 8.07. The molecule has 1 unspecified atom stereocenters. The maximum absolute atomic E-state index is 12.9. The van der Waals surface area contributed by atoms with Gasteiger partial charge in [0.2, 0.25) is 0 Å². The topological polar surface area (TPSA) is 35.3 Å². The molecule has 78 valence electrons. The number of hydrogen-bond donors (Lipinski definition) is 0. The molecule has 3 nitrogen and oxygen atoms in total. The molecule has 1 aromatic carbocycles. The van der Waals surface area contributed by atoms with Gasteiger partial charge in [0.25, 0.3) is 0 Å². The molecular weight excluding hydrogens is 197 g/mol. The van der Waals surface area contributed by atoms with Gasteiger partial charge in [-0.25, -0.2) is 4.39 Å².